The molecule has 0 aliphatic heterocycles. The van der Waals surface area contributed by atoms with E-state index in [-0.39, 0.29) is 6.10 Å². The zero-order valence-electron chi connectivity index (χ0n) is 19.6. The number of rotatable bonds is 6. The summed E-state index contributed by atoms with van der Waals surface area (Å²) in [5.74, 6) is 2.35. The first-order valence-electron chi connectivity index (χ1n) is 12.3. The molecule has 0 unspecified atom stereocenters. The summed E-state index contributed by atoms with van der Waals surface area (Å²) in [6, 6.07) is 0. The maximum Gasteiger partial charge on any atom is 0.0811 e. The van der Waals surface area contributed by atoms with E-state index in [2.05, 4.69) is 46.4 Å². The molecule has 3 heteroatoms. The highest BCUT2D eigenvalue weighted by molar-refractivity contribution is 5.38. The molecule has 0 spiro atoms. The highest BCUT2D eigenvalue weighted by Crippen LogP contribution is 2.60. The van der Waals surface area contributed by atoms with Gasteiger partial charge in [-0.25, -0.2) is 0 Å². The molecule has 3 saturated carbocycles. The van der Waals surface area contributed by atoms with Gasteiger partial charge < -0.3 is 15.3 Å². The average Bonchev–Trinajstić information content (AvgIpc) is 3.04. The van der Waals surface area contributed by atoms with Crippen LogP contribution in [0.5, 0.6) is 0 Å². The van der Waals surface area contributed by atoms with Crippen LogP contribution in [0.1, 0.15) is 85.5 Å². The van der Waals surface area contributed by atoms with Crippen molar-refractivity contribution in [3.63, 3.8) is 0 Å². The van der Waals surface area contributed by atoms with E-state index in [0.29, 0.717) is 36.0 Å². The fraction of sp³-hybridized carbons (Fsp3) is 0.778. The highest BCUT2D eigenvalue weighted by Gasteiger charge is 2.50. The molecule has 0 aromatic rings. The molecule has 0 saturated heterocycles. The monoisotopic (exact) mass is 416 g/mol. The zero-order chi connectivity index (χ0) is 22.1. The van der Waals surface area contributed by atoms with Gasteiger partial charge in [0, 0.05) is 6.42 Å². The van der Waals surface area contributed by atoms with E-state index in [0.717, 1.165) is 36.3 Å². The number of aliphatic hydroxyl groups is 3. The van der Waals surface area contributed by atoms with Gasteiger partial charge in [-0.1, -0.05) is 52.0 Å². The second-order valence-electron chi connectivity index (χ2n) is 11.0. The molecule has 3 N–H and O–H groups in total. The first-order chi connectivity index (χ1) is 14.1. The molecule has 170 valence electrons. The predicted octanol–water partition coefficient (Wildman–Crippen LogP) is 5.56. The summed E-state index contributed by atoms with van der Waals surface area (Å²) in [7, 11) is 0. The highest BCUT2D eigenvalue weighted by atomic mass is 16.3. The summed E-state index contributed by atoms with van der Waals surface area (Å²) in [4.78, 5) is 0. The molecule has 0 radical (unpaired) electrons. The van der Waals surface area contributed by atoms with Crippen LogP contribution in [-0.2, 0) is 0 Å². The predicted molar refractivity (Wildman–Crippen MR) is 124 cm³/mol. The van der Waals surface area contributed by atoms with E-state index in [1.54, 1.807) is 5.57 Å². The lowest BCUT2D eigenvalue weighted by Crippen LogP contribution is -2.36. The summed E-state index contributed by atoms with van der Waals surface area (Å²) >= 11 is 0. The van der Waals surface area contributed by atoms with Crippen molar-refractivity contribution in [2.75, 3.05) is 0 Å². The number of hydrogen-bond donors (Lipinski definition) is 3. The second-order valence-corrected chi connectivity index (χ2v) is 11.0. The van der Waals surface area contributed by atoms with Crippen LogP contribution in [0.3, 0.4) is 0 Å². The first-order valence-corrected chi connectivity index (χ1v) is 12.3. The lowest BCUT2D eigenvalue weighted by atomic mass is 9.60. The van der Waals surface area contributed by atoms with Gasteiger partial charge in [0.25, 0.3) is 0 Å². The van der Waals surface area contributed by atoms with Crippen molar-refractivity contribution >= 4 is 0 Å². The molecular weight excluding hydrogens is 372 g/mol. The minimum Gasteiger partial charge on any atom is -0.393 e. The maximum absolute atomic E-state index is 10.3. The van der Waals surface area contributed by atoms with Crippen molar-refractivity contribution in [1.29, 1.82) is 0 Å². The maximum atomic E-state index is 10.3. The number of allylic oxidation sites excluding steroid dienone is 3. The Labute approximate surface area is 184 Å². The van der Waals surface area contributed by atoms with Crippen LogP contribution in [0, 0.1) is 29.1 Å². The zero-order valence-corrected chi connectivity index (χ0v) is 19.6. The number of hydrogen-bond acceptors (Lipinski definition) is 3. The van der Waals surface area contributed by atoms with Gasteiger partial charge in [-0.3, -0.25) is 0 Å². The molecule has 0 bridgehead atoms. The molecule has 0 amide bonds. The van der Waals surface area contributed by atoms with Gasteiger partial charge in [0.2, 0.25) is 0 Å². The van der Waals surface area contributed by atoms with Crippen LogP contribution >= 0.6 is 0 Å². The Hall–Kier alpha value is -0.900. The molecule has 3 rings (SSSR count). The summed E-state index contributed by atoms with van der Waals surface area (Å²) < 4.78 is 0. The van der Waals surface area contributed by atoms with Crippen LogP contribution in [0.4, 0.5) is 0 Å². The van der Waals surface area contributed by atoms with Crippen molar-refractivity contribution in [1.82, 2.24) is 0 Å². The van der Waals surface area contributed by atoms with Crippen LogP contribution in [0.25, 0.3) is 0 Å². The van der Waals surface area contributed by atoms with Crippen LogP contribution in [0.2, 0.25) is 0 Å². The fourth-order valence-electron chi connectivity index (χ4n) is 6.65. The largest absolute Gasteiger partial charge is 0.393 e. The summed E-state index contributed by atoms with van der Waals surface area (Å²) in [6.45, 7) is 13.2. The van der Waals surface area contributed by atoms with Crippen molar-refractivity contribution in [3.05, 3.63) is 35.5 Å². The minimum atomic E-state index is -0.618. The van der Waals surface area contributed by atoms with Crippen molar-refractivity contribution in [3.8, 4) is 0 Å². The van der Waals surface area contributed by atoms with Gasteiger partial charge in [-0.2, -0.15) is 0 Å². The standard InChI is InChI=1S/C27H44O3/c1-17(2)25(29)13-8-18(3)23-11-12-24-20(7-6-14-27(23,24)5)9-10-21-15-22(28)16-26(30)19(21)4/h9-10,17-18,22-26,28-30H,4,6-8,11-16H2,1-3,5H3/b20-9+,21-10+/t18-,22-,23-,24+,25-,26+,27+/m1/s1. The molecule has 0 heterocycles. The smallest absolute Gasteiger partial charge is 0.0811 e. The van der Waals surface area contributed by atoms with E-state index < -0.39 is 12.2 Å². The molecule has 0 aromatic heterocycles. The second kappa shape index (κ2) is 9.71. The Morgan fingerprint density at radius 3 is 2.57 bits per heavy atom. The Morgan fingerprint density at radius 2 is 1.87 bits per heavy atom. The van der Waals surface area contributed by atoms with Gasteiger partial charge >= 0.3 is 0 Å². The van der Waals surface area contributed by atoms with Gasteiger partial charge in [0.15, 0.2) is 0 Å². The average molecular weight is 417 g/mol. The molecule has 3 aliphatic rings. The molecule has 3 aliphatic carbocycles. The van der Waals surface area contributed by atoms with Gasteiger partial charge in [-0.15, -0.1) is 0 Å². The lowest BCUT2D eigenvalue weighted by Gasteiger charge is -2.44. The Kier molecular flexibility index (Phi) is 7.69. The summed E-state index contributed by atoms with van der Waals surface area (Å²) in [5.41, 5.74) is 3.69. The lowest BCUT2D eigenvalue weighted by molar-refractivity contribution is 0.0717. The molecule has 3 fully saturated rings. The summed E-state index contributed by atoms with van der Waals surface area (Å²) in [5, 5.41) is 30.4. The molecule has 30 heavy (non-hydrogen) atoms. The van der Waals surface area contributed by atoms with Crippen molar-refractivity contribution in [2.24, 2.45) is 29.1 Å². The number of fused-ring (bicyclic) bond motifs is 1. The van der Waals surface area contributed by atoms with Crippen molar-refractivity contribution < 1.29 is 15.3 Å². The molecule has 3 nitrogen and oxygen atoms in total. The van der Waals surface area contributed by atoms with Crippen molar-refractivity contribution in [2.45, 2.75) is 104 Å². The van der Waals surface area contributed by atoms with Crippen LogP contribution < -0.4 is 0 Å². The van der Waals surface area contributed by atoms with E-state index >= 15 is 0 Å². The topological polar surface area (TPSA) is 60.7 Å². The van der Waals surface area contributed by atoms with Gasteiger partial charge in [-0.05, 0) is 91.6 Å². The van der Waals surface area contributed by atoms with E-state index in [9.17, 15) is 15.3 Å². The third-order valence-electron chi connectivity index (χ3n) is 8.68. The van der Waals surface area contributed by atoms with E-state index in [1.807, 2.05) is 0 Å². The normalized spacial score (nSPS) is 39.5. The van der Waals surface area contributed by atoms with E-state index in [1.165, 1.54) is 25.7 Å². The van der Waals surface area contributed by atoms with Gasteiger partial charge in [0.1, 0.15) is 0 Å². The Bertz CT molecular complexity index is 676. The first kappa shape index (κ1) is 23.8. The molecule has 7 atom stereocenters. The van der Waals surface area contributed by atoms with Gasteiger partial charge in [0.05, 0.1) is 18.3 Å². The fourth-order valence-corrected chi connectivity index (χ4v) is 6.65. The quantitative estimate of drug-likeness (QED) is 0.531. The third kappa shape index (κ3) is 4.95. The summed E-state index contributed by atoms with van der Waals surface area (Å²) in [6.07, 6.45) is 12.4. The molecule has 0 aromatic carbocycles. The van der Waals surface area contributed by atoms with Crippen LogP contribution in [-0.4, -0.2) is 33.6 Å². The number of aliphatic hydroxyl groups excluding tert-OH is 3. The minimum absolute atomic E-state index is 0.180. The third-order valence-corrected chi connectivity index (χ3v) is 8.68. The Balaban J connectivity index is 1.72. The SMILES string of the molecule is C=C1/C(=C/C=C2\CCC[C@@]3(C)[C@@H]([C@H](C)CC[C@@H](O)C(C)C)CC[C@@H]23)C[C@@H](O)C[C@@H]1O. The van der Waals surface area contributed by atoms with E-state index in [4.69, 9.17) is 0 Å². The Morgan fingerprint density at radius 1 is 1.13 bits per heavy atom. The van der Waals surface area contributed by atoms with Crippen LogP contribution in [0.15, 0.2) is 35.5 Å². The molecular formula is C27H44O3.